The van der Waals surface area contributed by atoms with Gasteiger partial charge in [-0.1, -0.05) is 37.3 Å². The Labute approximate surface area is 184 Å². The fourth-order valence-electron chi connectivity index (χ4n) is 4.04. The van der Waals surface area contributed by atoms with Gasteiger partial charge in [0, 0.05) is 24.0 Å². The normalized spacial score (nSPS) is 11.2. The van der Waals surface area contributed by atoms with Gasteiger partial charge in [-0.2, -0.15) is 5.10 Å². The van der Waals surface area contributed by atoms with E-state index in [0.29, 0.717) is 28.1 Å². The molecule has 7 nitrogen and oxygen atoms in total. The first-order valence-corrected chi connectivity index (χ1v) is 10.4. The van der Waals surface area contributed by atoms with Crippen LogP contribution >= 0.6 is 0 Å². The lowest BCUT2D eigenvalue weighted by Crippen LogP contribution is -2.19. The molecule has 0 atom stereocenters. The lowest BCUT2D eigenvalue weighted by molar-refractivity contribution is 0.401. The van der Waals surface area contributed by atoms with Crippen LogP contribution in [0.2, 0.25) is 0 Å². The molecule has 32 heavy (non-hydrogen) atoms. The lowest BCUT2D eigenvalue weighted by Gasteiger charge is -2.13. The van der Waals surface area contributed by atoms with Crippen LogP contribution in [0, 0.1) is 0 Å². The fraction of sp³-hybridized carbons (Fsp3) is 0.160. The summed E-state index contributed by atoms with van der Waals surface area (Å²) in [5.41, 5.74) is 4.81. The minimum Gasteiger partial charge on any atom is -0.497 e. The van der Waals surface area contributed by atoms with Gasteiger partial charge >= 0.3 is 0 Å². The van der Waals surface area contributed by atoms with E-state index in [1.807, 2.05) is 24.3 Å². The summed E-state index contributed by atoms with van der Waals surface area (Å²) in [5, 5.41) is 5.27. The predicted octanol–water partition coefficient (Wildman–Crippen LogP) is 4.28. The SMILES string of the molecule is CCc1nn2c(ncc3c(=O)n(-c4cc(OC)ccc4OC)ccc32)c1-c1ccccc1. The molecule has 0 aliphatic rings. The van der Waals surface area contributed by atoms with Crippen LogP contribution in [-0.4, -0.2) is 33.4 Å². The minimum absolute atomic E-state index is 0.210. The molecule has 0 fully saturated rings. The minimum atomic E-state index is -0.210. The van der Waals surface area contributed by atoms with Gasteiger partial charge in [0.25, 0.3) is 5.56 Å². The molecule has 0 aliphatic heterocycles. The van der Waals surface area contributed by atoms with Crippen LogP contribution in [0.5, 0.6) is 11.5 Å². The first kappa shape index (κ1) is 19.8. The Morgan fingerprint density at radius 3 is 2.53 bits per heavy atom. The van der Waals surface area contributed by atoms with Crippen molar-refractivity contribution in [2.75, 3.05) is 14.2 Å². The monoisotopic (exact) mass is 426 g/mol. The largest absolute Gasteiger partial charge is 0.497 e. The summed E-state index contributed by atoms with van der Waals surface area (Å²) in [7, 11) is 3.16. The zero-order valence-corrected chi connectivity index (χ0v) is 18.1. The van der Waals surface area contributed by atoms with Crippen molar-refractivity contribution in [2.24, 2.45) is 0 Å². The van der Waals surface area contributed by atoms with Gasteiger partial charge < -0.3 is 9.47 Å². The standard InChI is InChI=1S/C25H22N4O3/c1-4-19-23(16-8-6-5-7-9-16)24-26-15-18-20(29(24)27-19)12-13-28(25(18)30)21-14-17(31-2)10-11-22(21)32-3/h5-15H,4H2,1-3H3. The average molecular weight is 426 g/mol. The molecule has 7 heteroatoms. The number of methoxy groups -OCH3 is 2. The molecule has 2 aromatic carbocycles. The Balaban J connectivity index is 1.77. The Morgan fingerprint density at radius 1 is 1.00 bits per heavy atom. The van der Waals surface area contributed by atoms with Crippen molar-refractivity contribution in [3.8, 4) is 28.3 Å². The number of aromatic nitrogens is 4. The van der Waals surface area contributed by atoms with Crippen molar-refractivity contribution >= 4 is 16.6 Å². The van der Waals surface area contributed by atoms with Crippen molar-refractivity contribution in [1.82, 2.24) is 19.2 Å². The Morgan fingerprint density at radius 2 is 1.81 bits per heavy atom. The molecule has 0 saturated carbocycles. The van der Waals surface area contributed by atoms with Crippen LogP contribution in [0.25, 0.3) is 33.4 Å². The second kappa shape index (κ2) is 7.85. The molecule has 160 valence electrons. The van der Waals surface area contributed by atoms with Crippen molar-refractivity contribution < 1.29 is 9.47 Å². The van der Waals surface area contributed by atoms with Gasteiger partial charge in [0.15, 0.2) is 5.65 Å². The fourth-order valence-corrected chi connectivity index (χ4v) is 4.04. The molecule has 3 heterocycles. The van der Waals surface area contributed by atoms with Gasteiger partial charge in [-0.3, -0.25) is 9.36 Å². The smallest absolute Gasteiger partial charge is 0.266 e. The number of fused-ring (bicyclic) bond motifs is 3. The molecule has 0 unspecified atom stereocenters. The topological polar surface area (TPSA) is 70.7 Å². The number of hydrogen-bond donors (Lipinski definition) is 0. The number of rotatable bonds is 5. The highest BCUT2D eigenvalue weighted by Crippen LogP contribution is 2.30. The van der Waals surface area contributed by atoms with Crippen LogP contribution < -0.4 is 15.0 Å². The van der Waals surface area contributed by atoms with Crippen molar-refractivity contribution in [3.63, 3.8) is 0 Å². The van der Waals surface area contributed by atoms with E-state index in [-0.39, 0.29) is 5.56 Å². The van der Waals surface area contributed by atoms with Gasteiger partial charge in [-0.15, -0.1) is 0 Å². The highest BCUT2D eigenvalue weighted by molar-refractivity contribution is 5.86. The zero-order valence-electron chi connectivity index (χ0n) is 18.1. The first-order chi connectivity index (χ1) is 15.7. The van der Waals surface area contributed by atoms with E-state index in [0.717, 1.165) is 28.9 Å². The number of aryl methyl sites for hydroxylation is 1. The van der Waals surface area contributed by atoms with E-state index in [9.17, 15) is 4.79 Å². The summed E-state index contributed by atoms with van der Waals surface area (Å²) in [4.78, 5) is 18.1. The van der Waals surface area contributed by atoms with Gasteiger partial charge in [0.05, 0.1) is 36.5 Å². The van der Waals surface area contributed by atoms with Gasteiger partial charge in [0.2, 0.25) is 0 Å². The summed E-state index contributed by atoms with van der Waals surface area (Å²) >= 11 is 0. The summed E-state index contributed by atoms with van der Waals surface area (Å²) in [6.07, 6.45) is 4.12. The third kappa shape index (κ3) is 3.01. The average Bonchev–Trinajstić information content (AvgIpc) is 3.23. The molecule has 0 aliphatic carbocycles. The third-order valence-corrected chi connectivity index (χ3v) is 5.63. The molecule has 5 rings (SSSR count). The van der Waals surface area contributed by atoms with Crippen molar-refractivity contribution in [1.29, 1.82) is 0 Å². The van der Waals surface area contributed by atoms with Gasteiger partial charge in [-0.05, 0) is 30.2 Å². The summed E-state index contributed by atoms with van der Waals surface area (Å²) in [6, 6.07) is 17.3. The number of nitrogens with zero attached hydrogens (tertiary/aromatic N) is 4. The van der Waals surface area contributed by atoms with E-state index in [1.165, 1.54) is 0 Å². The number of ether oxygens (including phenoxy) is 2. The van der Waals surface area contributed by atoms with Crippen LogP contribution in [-0.2, 0) is 6.42 Å². The summed E-state index contributed by atoms with van der Waals surface area (Å²) in [6.45, 7) is 2.07. The van der Waals surface area contributed by atoms with Crippen LogP contribution in [0.4, 0.5) is 0 Å². The summed E-state index contributed by atoms with van der Waals surface area (Å²) < 4.78 is 14.1. The molecule has 0 N–H and O–H groups in total. The maximum Gasteiger partial charge on any atom is 0.266 e. The Bertz CT molecular complexity index is 1500. The number of pyridine rings is 1. The van der Waals surface area contributed by atoms with Gasteiger partial charge in [-0.25, -0.2) is 9.50 Å². The molecule has 0 spiro atoms. The second-order valence-electron chi connectivity index (χ2n) is 7.36. The second-order valence-corrected chi connectivity index (χ2v) is 7.36. The quantitative estimate of drug-likeness (QED) is 0.420. The molecular formula is C25H22N4O3. The number of benzene rings is 2. The Hall–Kier alpha value is -4.13. The van der Waals surface area contributed by atoms with E-state index in [4.69, 9.17) is 14.6 Å². The molecule has 0 amide bonds. The zero-order chi connectivity index (χ0) is 22.2. The maximum absolute atomic E-state index is 13.5. The third-order valence-electron chi connectivity index (χ3n) is 5.63. The van der Waals surface area contributed by atoms with Crippen LogP contribution in [0.15, 0.2) is 71.8 Å². The molecule has 0 bridgehead atoms. The van der Waals surface area contributed by atoms with Crippen molar-refractivity contribution in [2.45, 2.75) is 13.3 Å². The number of hydrogen-bond acceptors (Lipinski definition) is 5. The van der Waals surface area contributed by atoms with E-state index >= 15 is 0 Å². The molecular weight excluding hydrogens is 404 g/mol. The molecule has 5 aromatic rings. The van der Waals surface area contributed by atoms with E-state index in [1.54, 1.807) is 53.9 Å². The van der Waals surface area contributed by atoms with Crippen LogP contribution in [0.1, 0.15) is 12.6 Å². The van der Waals surface area contributed by atoms with E-state index < -0.39 is 0 Å². The van der Waals surface area contributed by atoms with Gasteiger partial charge in [0.1, 0.15) is 11.5 Å². The van der Waals surface area contributed by atoms with Crippen molar-refractivity contribution in [3.05, 3.63) is 83.0 Å². The highest BCUT2D eigenvalue weighted by Gasteiger charge is 2.18. The lowest BCUT2D eigenvalue weighted by atomic mass is 10.0. The van der Waals surface area contributed by atoms with E-state index in [2.05, 4.69) is 24.0 Å². The summed E-state index contributed by atoms with van der Waals surface area (Å²) in [5.74, 6) is 1.20. The van der Waals surface area contributed by atoms with Crippen LogP contribution in [0.3, 0.4) is 0 Å². The first-order valence-electron chi connectivity index (χ1n) is 10.4. The highest BCUT2D eigenvalue weighted by atomic mass is 16.5. The maximum atomic E-state index is 13.5. The predicted molar refractivity (Wildman–Crippen MR) is 124 cm³/mol. The Kier molecular flexibility index (Phi) is 4.86. The molecule has 0 radical (unpaired) electrons. The molecule has 3 aromatic heterocycles. The molecule has 0 saturated heterocycles.